The van der Waals surface area contributed by atoms with Crippen molar-refractivity contribution < 1.29 is 18.7 Å². The van der Waals surface area contributed by atoms with Crippen LogP contribution in [0.5, 0.6) is 0 Å². The zero-order valence-corrected chi connectivity index (χ0v) is 13.0. The van der Waals surface area contributed by atoms with Gasteiger partial charge in [0.1, 0.15) is 11.4 Å². The highest BCUT2D eigenvalue weighted by Gasteiger charge is 2.24. The molecule has 1 aromatic rings. The van der Waals surface area contributed by atoms with E-state index in [2.05, 4.69) is 5.32 Å². The lowest BCUT2D eigenvalue weighted by Crippen LogP contribution is -2.20. The molecule has 1 aromatic carbocycles. The topological polar surface area (TPSA) is 55.4 Å². The highest BCUT2D eigenvalue weighted by molar-refractivity contribution is 6.39. The molecular formula is C14H14Cl2FNO3. The number of hydrogen-bond donors (Lipinski definition) is 1. The number of hydrogen-bond acceptors (Lipinski definition) is 4. The standard InChI is InChI=1S/C14H14Cl2FNO3/c1-3-18-7-9(14(20)21-4-2)13(19)8-5-12(17)11(16)6-10(8)15/h5-7,18H,3-4H2,1-2H3. The first-order valence-corrected chi connectivity index (χ1v) is 6.97. The summed E-state index contributed by atoms with van der Waals surface area (Å²) < 4.78 is 18.3. The van der Waals surface area contributed by atoms with E-state index < -0.39 is 17.6 Å². The second-order valence-corrected chi connectivity index (χ2v) is 4.73. The molecule has 0 saturated carbocycles. The second-order valence-electron chi connectivity index (χ2n) is 3.91. The van der Waals surface area contributed by atoms with E-state index in [1.54, 1.807) is 13.8 Å². The predicted molar refractivity (Wildman–Crippen MR) is 79.1 cm³/mol. The van der Waals surface area contributed by atoms with Crippen LogP contribution < -0.4 is 5.32 Å². The van der Waals surface area contributed by atoms with Crippen molar-refractivity contribution in [3.63, 3.8) is 0 Å². The van der Waals surface area contributed by atoms with Crippen molar-refractivity contribution in [2.24, 2.45) is 0 Å². The third-order valence-corrected chi connectivity index (χ3v) is 3.05. The number of nitrogens with one attached hydrogen (secondary N) is 1. The maximum absolute atomic E-state index is 13.5. The summed E-state index contributed by atoms with van der Waals surface area (Å²) in [4.78, 5) is 24.2. The van der Waals surface area contributed by atoms with Crippen LogP contribution in [0.3, 0.4) is 0 Å². The van der Waals surface area contributed by atoms with Gasteiger partial charge >= 0.3 is 5.97 Å². The molecule has 114 valence electrons. The molecule has 0 unspecified atom stereocenters. The lowest BCUT2D eigenvalue weighted by atomic mass is 10.0. The molecule has 0 atom stereocenters. The van der Waals surface area contributed by atoms with Gasteiger partial charge < -0.3 is 10.1 Å². The first-order chi connectivity index (χ1) is 9.92. The van der Waals surface area contributed by atoms with Crippen molar-refractivity contribution in [3.05, 3.63) is 45.3 Å². The summed E-state index contributed by atoms with van der Waals surface area (Å²) in [5.74, 6) is -2.35. The van der Waals surface area contributed by atoms with Crippen LogP contribution in [0.15, 0.2) is 23.9 Å². The molecule has 0 spiro atoms. The van der Waals surface area contributed by atoms with Crippen LogP contribution in [0, 0.1) is 5.82 Å². The smallest absolute Gasteiger partial charge is 0.343 e. The second kappa shape index (κ2) is 8.00. The third-order valence-electron chi connectivity index (χ3n) is 2.45. The van der Waals surface area contributed by atoms with Crippen molar-refractivity contribution in [1.29, 1.82) is 0 Å². The summed E-state index contributed by atoms with van der Waals surface area (Å²) in [5.41, 5.74) is -0.418. The van der Waals surface area contributed by atoms with E-state index in [0.717, 1.165) is 12.1 Å². The molecule has 0 bridgehead atoms. The Balaban J connectivity index is 3.23. The molecule has 0 fully saturated rings. The van der Waals surface area contributed by atoms with Crippen LogP contribution in [0.1, 0.15) is 24.2 Å². The van der Waals surface area contributed by atoms with Crippen molar-refractivity contribution in [1.82, 2.24) is 5.32 Å². The van der Waals surface area contributed by atoms with Crippen LogP contribution in [-0.4, -0.2) is 24.9 Å². The minimum atomic E-state index is -0.810. The number of carbonyl (C=O) groups is 2. The third kappa shape index (κ3) is 4.44. The van der Waals surface area contributed by atoms with E-state index in [-0.39, 0.29) is 27.8 Å². The van der Waals surface area contributed by atoms with Gasteiger partial charge in [0.05, 0.1) is 16.7 Å². The fourth-order valence-electron chi connectivity index (χ4n) is 1.47. The van der Waals surface area contributed by atoms with Gasteiger partial charge in [-0.15, -0.1) is 0 Å². The van der Waals surface area contributed by atoms with Gasteiger partial charge in [-0.2, -0.15) is 0 Å². The molecule has 21 heavy (non-hydrogen) atoms. The normalized spacial score (nSPS) is 11.2. The number of rotatable bonds is 6. The number of carbonyl (C=O) groups excluding carboxylic acids is 2. The average Bonchev–Trinajstić information content (AvgIpc) is 2.43. The molecule has 1 N–H and O–H groups in total. The quantitative estimate of drug-likeness (QED) is 0.216. The van der Waals surface area contributed by atoms with E-state index in [9.17, 15) is 14.0 Å². The van der Waals surface area contributed by atoms with E-state index in [4.69, 9.17) is 27.9 Å². The monoisotopic (exact) mass is 333 g/mol. The molecule has 0 aromatic heterocycles. The Kier molecular flexibility index (Phi) is 6.65. The zero-order chi connectivity index (χ0) is 16.0. The van der Waals surface area contributed by atoms with Crippen molar-refractivity contribution in [2.45, 2.75) is 13.8 Å². The van der Waals surface area contributed by atoms with Crippen LogP contribution in [0.2, 0.25) is 10.0 Å². The first-order valence-electron chi connectivity index (χ1n) is 6.22. The lowest BCUT2D eigenvalue weighted by Gasteiger charge is -2.09. The SMILES string of the molecule is CCNC=C(C(=O)OCC)C(=O)c1cc(F)c(Cl)cc1Cl. The molecule has 0 aliphatic carbocycles. The molecular weight excluding hydrogens is 320 g/mol. The Bertz CT molecular complexity index is 588. The van der Waals surface area contributed by atoms with Gasteiger partial charge in [0, 0.05) is 18.3 Å². The van der Waals surface area contributed by atoms with Gasteiger partial charge in [-0.05, 0) is 26.0 Å². The molecule has 0 radical (unpaired) electrons. The van der Waals surface area contributed by atoms with Gasteiger partial charge in [-0.1, -0.05) is 23.2 Å². The summed E-state index contributed by atoms with van der Waals surface area (Å²) in [7, 11) is 0. The molecule has 4 nitrogen and oxygen atoms in total. The van der Waals surface area contributed by atoms with Crippen LogP contribution in [0.25, 0.3) is 0 Å². The number of ether oxygens (including phenoxy) is 1. The fraction of sp³-hybridized carbons (Fsp3) is 0.286. The van der Waals surface area contributed by atoms with Crippen molar-refractivity contribution in [2.75, 3.05) is 13.2 Å². The van der Waals surface area contributed by atoms with Gasteiger partial charge in [0.15, 0.2) is 0 Å². The zero-order valence-electron chi connectivity index (χ0n) is 11.5. The molecule has 0 saturated heterocycles. The van der Waals surface area contributed by atoms with E-state index in [1.165, 1.54) is 6.20 Å². The Hall–Kier alpha value is -1.59. The van der Waals surface area contributed by atoms with Crippen molar-refractivity contribution in [3.8, 4) is 0 Å². The number of esters is 1. The Labute approximate surface area is 131 Å². The summed E-state index contributed by atoms with van der Waals surface area (Å²) >= 11 is 11.5. The highest BCUT2D eigenvalue weighted by Crippen LogP contribution is 2.26. The molecule has 0 amide bonds. The van der Waals surface area contributed by atoms with Crippen LogP contribution >= 0.6 is 23.2 Å². The number of halogens is 3. The lowest BCUT2D eigenvalue weighted by molar-refractivity contribution is -0.138. The van der Waals surface area contributed by atoms with Crippen LogP contribution in [0.4, 0.5) is 4.39 Å². The Morgan fingerprint density at radius 1 is 1.29 bits per heavy atom. The first kappa shape index (κ1) is 17.5. The summed E-state index contributed by atoms with van der Waals surface area (Å²) in [5, 5.41) is 2.49. The van der Waals surface area contributed by atoms with Crippen molar-refractivity contribution >= 4 is 35.0 Å². The van der Waals surface area contributed by atoms with Gasteiger partial charge in [-0.25, -0.2) is 9.18 Å². The maximum Gasteiger partial charge on any atom is 0.343 e. The van der Waals surface area contributed by atoms with Gasteiger partial charge in [-0.3, -0.25) is 4.79 Å². The largest absolute Gasteiger partial charge is 0.462 e. The molecule has 0 aliphatic heterocycles. The summed E-state index contributed by atoms with van der Waals surface area (Å²) in [6.07, 6.45) is 1.23. The Morgan fingerprint density at radius 2 is 1.95 bits per heavy atom. The molecule has 0 aliphatic rings. The van der Waals surface area contributed by atoms with Gasteiger partial charge in [0.25, 0.3) is 0 Å². The van der Waals surface area contributed by atoms with E-state index >= 15 is 0 Å². The van der Waals surface area contributed by atoms with E-state index in [0.29, 0.717) is 6.54 Å². The fourth-order valence-corrected chi connectivity index (χ4v) is 1.94. The number of Topliss-reactive ketones (excluding diaryl/α,β-unsaturated/α-hetero) is 1. The number of benzene rings is 1. The highest BCUT2D eigenvalue weighted by atomic mass is 35.5. The number of ketones is 1. The van der Waals surface area contributed by atoms with Gasteiger partial charge in [0.2, 0.25) is 5.78 Å². The van der Waals surface area contributed by atoms with Crippen LogP contribution in [-0.2, 0) is 9.53 Å². The minimum Gasteiger partial charge on any atom is -0.462 e. The summed E-state index contributed by atoms with van der Waals surface area (Å²) in [6, 6.07) is 2.01. The molecule has 7 heteroatoms. The molecule has 1 rings (SSSR count). The summed E-state index contributed by atoms with van der Waals surface area (Å²) in [6.45, 7) is 4.01. The average molecular weight is 334 g/mol. The maximum atomic E-state index is 13.5. The van der Waals surface area contributed by atoms with E-state index in [1.807, 2.05) is 0 Å². The predicted octanol–water partition coefficient (Wildman–Crippen LogP) is 3.37. The molecule has 0 heterocycles. The minimum absolute atomic E-state index is 0.0434. The Morgan fingerprint density at radius 3 is 2.52 bits per heavy atom.